The van der Waals surface area contributed by atoms with Crippen molar-refractivity contribution >= 4 is 11.7 Å². The van der Waals surface area contributed by atoms with Crippen LogP contribution in [0.25, 0.3) is 0 Å². The molecule has 0 atom stereocenters. The van der Waals surface area contributed by atoms with E-state index in [9.17, 15) is 9.90 Å². The molecular weight excluding hydrogens is 230 g/mol. The Morgan fingerprint density at radius 3 is 2.94 bits per heavy atom. The Morgan fingerprint density at radius 2 is 2.28 bits per heavy atom. The highest BCUT2D eigenvalue weighted by molar-refractivity contribution is 5.89. The Morgan fingerprint density at radius 1 is 1.44 bits per heavy atom. The molecule has 0 saturated heterocycles. The fourth-order valence-corrected chi connectivity index (χ4v) is 1.66. The third-order valence-corrected chi connectivity index (χ3v) is 2.52. The molecular formula is C13H15N3O2. The molecule has 0 aliphatic rings. The van der Waals surface area contributed by atoms with Crippen molar-refractivity contribution in [1.29, 1.82) is 0 Å². The molecule has 5 heteroatoms. The summed E-state index contributed by atoms with van der Waals surface area (Å²) in [5.74, 6) is 0.661. The normalized spacial score (nSPS) is 10.3. The van der Waals surface area contributed by atoms with Gasteiger partial charge in [0.25, 0.3) is 0 Å². The van der Waals surface area contributed by atoms with Crippen molar-refractivity contribution in [3.05, 3.63) is 41.6 Å². The summed E-state index contributed by atoms with van der Waals surface area (Å²) in [4.78, 5) is 11.7. The number of hydrogen-bond donors (Lipinski definition) is 3. The number of benzene rings is 1. The highest BCUT2D eigenvalue weighted by Crippen LogP contribution is 2.13. The number of carbonyl (C=O) groups excluding carboxylic acids is 1. The number of rotatable bonds is 4. The van der Waals surface area contributed by atoms with Gasteiger partial charge in [-0.1, -0.05) is 12.1 Å². The van der Waals surface area contributed by atoms with Crippen molar-refractivity contribution in [2.75, 3.05) is 5.32 Å². The molecule has 2 aromatic rings. The van der Waals surface area contributed by atoms with E-state index < -0.39 is 0 Å². The Balaban J connectivity index is 1.85. The van der Waals surface area contributed by atoms with E-state index in [1.165, 1.54) is 0 Å². The minimum Gasteiger partial charge on any atom is -0.508 e. The second-order valence-corrected chi connectivity index (χ2v) is 4.15. The van der Waals surface area contributed by atoms with E-state index in [4.69, 9.17) is 0 Å². The van der Waals surface area contributed by atoms with E-state index in [0.29, 0.717) is 18.7 Å². The van der Waals surface area contributed by atoms with Crippen molar-refractivity contribution in [1.82, 2.24) is 10.2 Å². The van der Waals surface area contributed by atoms with E-state index >= 15 is 0 Å². The molecule has 0 aliphatic heterocycles. The Kier molecular flexibility index (Phi) is 3.62. The smallest absolute Gasteiger partial charge is 0.225 e. The van der Waals surface area contributed by atoms with Gasteiger partial charge < -0.3 is 10.4 Å². The molecule has 1 aromatic heterocycles. The van der Waals surface area contributed by atoms with Crippen molar-refractivity contribution in [2.45, 2.75) is 19.8 Å². The van der Waals surface area contributed by atoms with E-state index in [1.807, 2.05) is 13.0 Å². The molecule has 0 spiro atoms. The molecule has 0 saturated carbocycles. The summed E-state index contributed by atoms with van der Waals surface area (Å²) in [6.07, 6.45) is 0.943. The molecule has 1 amide bonds. The molecule has 5 nitrogen and oxygen atoms in total. The number of aromatic hydroxyl groups is 1. The highest BCUT2D eigenvalue weighted by atomic mass is 16.3. The molecule has 0 fully saturated rings. The predicted octanol–water partition coefficient (Wildman–Crippen LogP) is 2.00. The number of phenolic OH excluding ortho intramolecular Hbond substituents is 1. The first kappa shape index (κ1) is 12.2. The lowest BCUT2D eigenvalue weighted by atomic mass is 10.1. The molecule has 0 radical (unpaired) electrons. The number of H-pyrrole nitrogens is 1. The number of carbonyl (C=O) groups is 1. The van der Waals surface area contributed by atoms with Crippen molar-refractivity contribution in [3.63, 3.8) is 0 Å². The van der Waals surface area contributed by atoms with Crippen molar-refractivity contribution < 1.29 is 9.90 Å². The average molecular weight is 245 g/mol. The van der Waals surface area contributed by atoms with Crippen LogP contribution >= 0.6 is 0 Å². The molecule has 1 heterocycles. The number of aromatic nitrogens is 2. The minimum atomic E-state index is -0.0927. The fraction of sp³-hybridized carbons (Fsp3) is 0.231. The lowest BCUT2D eigenvalue weighted by Gasteiger charge is -2.02. The van der Waals surface area contributed by atoms with Gasteiger partial charge in [0.05, 0.1) is 0 Å². The molecule has 94 valence electrons. The number of hydrogen-bond acceptors (Lipinski definition) is 3. The minimum absolute atomic E-state index is 0.0927. The van der Waals surface area contributed by atoms with Crippen LogP contribution in [0.5, 0.6) is 5.75 Å². The van der Waals surface area contributed by atoms with Gasteiger partial charge >= 0.3 is 0 Å². The van der Waals surface area contributed by atoms with Gasteiger partial charge in [-0.3, -0.25) is 9.89 Å². The number of anilines is 1. The second-order valence-electron chi connectivity index (χ2n) is 4.15. The summed E-state index contributed by atoms with van der Waals surface area (Å²) < 4.78 is 0. The maximum atomic E-state index is 11.7. The molecule has 1 aromatic carbocycles. The summed E-state index contributed by atoms with van der Waals surface area (Å²) in [7, 11) is 0. The molecule has 18 heavy (non-hydrogen) atoms. The topological polar surface area (TPSA) is 78.0 Å². The number of amides is 1. The first-order valence-corrected chi connectivity index (χ1v) is 5.73. The number of nitrogens with one attached hydrogen (secondary N) is 2. The van der Waals surface area contributed by atoms with Gasteiger partial charge in [-0.2, -0.15) is 5.10 Å². The van der Waals surface area contributed by atoms with Crippen LogP contribution < -0.4 is 5.32 Å². The van der Waals surface area contributed by atoms with Gasteiger partial charge in [-0.25, -0.2) is 0 Å². The Bertz CT molecular complexity index is 549. The molecule has 0 aliphatic carbocycles. The van der Waals surface area contributed by atoms with Crippen LogP contribution in [0.4, 0.5) is 5.82 Å². The Labute approximate surface area is 105 Å². The summed E-state index contributed by atoms with van der Waals surface area (Å²) in [5, 5.41) is 18.7. The highest BCUT2D eigenvalue weighted by Gasteiger charge is 2.05. The monoisotopic (exact) mass is 245 g/mol. The van der Waals surface area contributed by atoms with Gasteiger partial charge in [0.1, 0.15) is 5.75 Å². The quantitative estimate of drug-likeness (QED) is 0.770. The SMILES string of the molecule is Cc1cc(NC(=O)CCc2cccc(O)c2)n[nH]1. The third kappa shape index (κ3) is 3.35. The maximum absolute atomic E-state index is 11.7. The van der Waals surface area contributed by atoms with Gasteiger partial charge in [-0.15, -0.1) is 0 Å². The van der Waals surface area contributed by atoms with Gasteiger partial charge in [0.2, 0.25) is 5.91 Å². The van der Waals surface area contributed by atoms with Gasteiger partial charge in [0.15, 0.2) is 5.82 Å². The van der Waals surface area contributed by atoms with Crippen LogP contribution in [0.15, 0.2) is 30.3 Å². The van der Waals surface area contributed by atoms with E-state index in [0.717, 1.165) is 11.3 Å². The second kappa shape index (κ2) is 5.35. The molecule has 0 bridgehead atoms. The zero-order valence-corrected chi connectivity index (χ0v) is 10.1. The van der Waals surface area contributed by atoms with Crippen LogP contribution in [0.2, 0.25) is 0 Å². The number of aryl methyl sites for hydroxylation is 2. The summed E-state index contributed by atoms with van der Waals surface area (Å²) >= 11 is 0. The van der Waals surface area contributed by atoms with Gasteiger partial charge in [0, 0.05) is 18.2 Å². The zero-order chi connectivity index (χ0) is 13.0. The van der Waals surface area contributed by atoms with Crippen molar-refractivity contribution in [2.24, 2.45) is 0 Å². The Hall–Kier alpha value is -2.30. The van der Waals surface area contributed by atoms with E-state index in [-0.39, 0.29) is 11.7 Å². The van der Waals surface area contributed by atoms with E-state index in [1.54, 1.807) is 24.3 Å². The lowest BCUT2D eigenvalue weighted by molar-refractivity contribution is -0.116. The van der Waals surface area contributed by atoms with Crippen LogP contribution in [-0.4, -0.2) is 21.2 Å². The number of aromatic amines is 1. The largest absolute Gasteiger partial charge is 0.508 e. The number of nitrogens with zero attached hydrogens (tertiary/aromatic N) is 1. The molecule has 2 rings (SSSR count). The zero-order valence-electron chi connectivity index (χ0n) is 10.1. The van der Waals surface area contributed by atoms with Crippen LogP contribution in [-0.2, 0) is 11.2 Å². The predicted molar refractivity (Wildman–Crippen MR) is 68.4 cm³/mol. The number of phenols is 1. The van der Waals surface area contributed by atoms with E-state index in [2.05, 4.69) is 15.5 Å². The van der Waals surface area contributed by atoms with Gasteiger partial charge in [-0.05, 0) is 31.0 Å². The van der Waals surface area contributed by atoms with Crippen LogP contribution in [0.3, 0.4) is 0 Å². The fourth-order valence-electron chi connectivity index (χ4n) is 1.66. The summed E-state index contributed by atoms with van der Waals surface area (Å²) in [6, 6.07) is 8.68. The van der Waals surface area contributed by atoms with Crippen LogP contribution in [0, 0.1) is 6.92 Å². The summed E-state index contributed by atoms with van der Waals surface area (Å²) in [5.41, 5.74) is 1.83. The standard InChI is InChI=1S/C13H15N3O2/c1-9-7-12(16-15-9)14-13(18)6-5-10-3-2-4-11(17)8-10/h2-4,7-8,17H,5-6H2,1H3,(H2,14,15,16,18). The maximum Gasteiger partial charge on any atom is 0.225 e. The van der Waals surface area contributed by atoms with Crippen molar-refractivity contribution in [3.8, 4) is 5.75 Å². The molecule has 3 N–H and O–H groups in total. The first-order chi connectivity index (χ1) is 8.63. The average Bonchev–Trinajstić information content (AvgIpc) is 2.72. The summed E-state index contributed by atoms with van der Waals surface area (Å²) in [6.45, 7) is 1.87. The van der Waals surface area contributed by atoms with Crippen LogP contribution in [0.1, 0.15) is 17.7 Å². The molecule has 0 unspecified atom stereocenters. The third-order valence-electron chi connectivity index (χ3n) is 2.52. The lowest BCUT2D eigenvalue weighted by Crippen LogP contribution is -2.12. The first-order valence-electron chi connectivity index (χ1n) is 5.73.